The van der Waals surface area contributed by atoms with Crippen molar-refractivity contribution in [2.24, 2.45) is 4.99 Å². The number of aliphatic imine (C=N–C) groups is 1. The van der Waals surface area contributed by atoms with Gasteiger partial charge in [-0.3, -0.25) is 4.99 Å². The summed E-state index contributed by atoms with van der Waals surface area (Å²) in [5.41, 5.74) is 3.88. The van der Waals surface area contributed by atoms with Gasteiger partial charge in [0.15, 0.2) is 5.96 Å². The third-order valence-corrected chi connectivity index (χ3v) is 4.48. The van der Waals surface area contributed by atoms with Gasteiger partial charge in [-0.1, -0.05) is 24.3 Å². The van der Waals surface area contributed by atoms with E-state index in [-0.39, 0.29) is 24.0 Å². The van der Waals surface area contributed by atoms with Gasteiger partial charge in [0.05, 0.1) is 7.11 Å². The van der Waals surface area contributed by atoms with E-state index >= 15 is 0 Å². The van der Waals surface area contributed by atoms with Crippen molar-refractivity contribution in [2.75, 3.05) is 46.2 Å². The van der Waals surface area contributed by atoms with Crippen molar-refractivity contribution in [1.82, 2.24) is 10.6 Å². The lowest BCUT2D eigenvalue weighted by molar-refractivity contribution is 0.414. The monoisotopic (exact) mass is 496 g/mol. The Morgan fingerprint density at radius 3 is 2.04 bits per heavy atom. The minimum Gasteiger partial charge on any atom is -0.497 e. The lowest BCUT2D eigenvalue weighted by Gasteiger charge is -2.13. The fourth-order valence-corrected chi connectivity index (χ4v) is 2.80. The van der Waals surface area contributed by atoms with E-state index in [0.717, 1.165) is 44.1 Å². The van der Waals surface area contributed by atoms with Crippen LogP contribution in [0.4, 0.5) is 5.69 Å². The molecule has 2 rings (SSSR count). The van der Waals surface area contributed by atoms with E-state index in [1.54, 1.807) is 7.11 Å². The minimum absolute atomic E-state index is 0. The number of rotatable bonds is 9. The van der Waals surface area contributed by atoms with Gasteiger partial charge in [0.1, 0.15) is 5.75 Å². The number of guanidine groups is 1. The summed E-state index contributed by atoms with van der Waals surface area (Å²) in [5.74, 6) is 1.74. The van der Waals surface area contributed by atoms with Gasteiger partial charge >= 0.3 is 0 Å². The molecule has 0 unspecified atom stereocenters. The normalized spacial score (nSPS) is 10.8. The summed E-state index contributed by atoms with van der Waals surface area (Å²) in [4.78, 5) is 6.41. The molecule has 0 saturated carbocycles. The third-order valence-electron chi connectivity index (χ3n) is 4.48. The number of ether oxygens (including phenoxy) is 1. The summed E-state index contributed by atoms with van der Waals surface area (Å²) in [5, 5.41) is 6.75. The van der Waals surface area contributed by atoms with Crippen LogP contribution in [0.25, 0.3) is 0 Å². The van der Waals surface area contributed by atoms with Gasteiger partial charge < -0.3 is 20.3 Å². The molecule has 0 aliphatic heterocycles. The topological polar surface area (TPSA) is 48.9 Å². The molecule has 2 aromatic rings. The molecule has 28 heavy (non-hydrogen) atoms. The number of halogens is 1. The zero-order valence-electron chi connectivity index (χ0n) is 17.4. The molecule has 0 fully saturated rings. The maximum absolute atomic E-state index is 5.19. The quantitative estimate of drug-likeness (QED) is 0.241. The maximum atomic E-state index is 5.19. The highest BCUT2D eigenvalue weighted by Gasteiger charge is 2.00. The van der Waals surface area contributed by atoms with Crippen molar-refractivity contribution in [2.45, 2.75) is 19.3 Å². The summed E-state index contributed by atoms with van der Waals surface area (Å²) in [6.07, 6.45) is 3.08. The summed E-state index contributed by atoms with van der Waals surface area (Å²) >= 11 is 0. The zero-order valence-corrected chi connectivity index (χ0v) is 19.7. The van der Waals surface area contributed by atoms with Gasteiger partial charge in [-0.05, 0) is 54.7 Å². The van der Waals surface area contributed by atoms with Crippen LogP contribution in [0.2, 0.25) is 0 Å². The predicted octanol–water partition coefficient (Wildman–Crippen LogP) is 3.72. The highest BCUT2D eigenvalue weighted by atomic mass is 127. The number of methoxy groups -OCH3 is 1. The van der Waals surface area contributed by atoms with E-state index in [9.17, 15) is 0 Å². The average molecular weight is 496 g/mol. The second kappa shape index (κ2) is 13.3. The minimum atomic E-state index is 0. The molecule has 0 aliphatic carbocycles. The number of nitrogens with zero attached hydrogens (tertiary/aromatic N) is 2. The van der Waals surface area contributed by atoms with Gasteiger partial charge in [0.2, 0.25) is 0 Å². The molecule has 0 saturated heterocycles. The molecule has 0 aliphatic rings. The van der Waals surface area contributed by atoms with Gasteiger partial charge in [0.25, 0.3) is 0 Å². The largest absolute Gasteiger partial charge is 0.497 e. The Labute approximate surface area is 186 Å². The maximum Gasteiger partial charge on any atom is 0.190 e. The lowest BCUT2D eigenvalue weighted by atomic mass is 10.1. The Kier molecular flexibility index (Phi) is 11.4. The van der Waals surface area contributed by atoms with Crippen LogP contribution in [0.5, 0.6) is 5.75 Å². The predicted molar refractivity (Wildman–Crippen MR) is 131 cm³/mol. The molecule has 0 aromatic heterocycles. The van der Waals surface area contributed by atoms with Crippen LogP contribution in [-0.4, -0.2) is 47.3 Å². The van der Waals surface area contributed by atoms with Crippen LogP contribution in [-0.2, 0) is 12.8 Å². The van der Waals surface area contributed by atoms with E-state index < -0.39 is 0 Å². The summed E-state index contributed by atoms with van der Waals surface area (Å²) in [7, 11) is 7.62. The Morgan fingerprint density at radius 2 is 1.46 bits per heavy atom. The first-order chi connectivity index (χ1) is 13.1. The SMILES string of the molecule is CN=C(NCCCc1ccc(N(C)C)cc1)NCCc1ccc(OC)cc1.I. The average Bonchev–Trinajstić information content (AvgIpc) is 2.70. The number of anilines is 1. The molecular formula is C22H33IN4O. The van der Waals surface area contributed by atoms with Crippen molar-refractivity contribution < 1.29 is 4.74 Å². The molecule has 0 radical (unpaired) electrons. The van der Waals surface area contributed by atoms with E-state index in [4.69, 9.17) is 4.74 Å². The highest BCUT2D eigenvalue weighted by molar-refractivity contribution is 14.0. The Balaban J connectivity index is 0.00000392. The molecule has 0 bridgehead atoms. The molecule has 154 valence electrons. The van der Waals surface area contributed by atoms with Crippen molar-refractivity contribution in [1.29, 1.82) is 0 Å². The second-order valence-electron chi connectivity index (χ2n) is 6.69. The molecule has 5 nitrogen and oxygen atoms in total. The molecule has 0 amide bonds. The van der Waals surface area contributed by atoms with Crippen LogP contribution >= 0.6 is 24.0 Å². The summed E-state index contributed by atoms with van der Waals surface area (Å²) < 4.78 is 5.19. The van der Waals surface area contributed by atoms with Gasteiger partial charge in [-0.25, -0.2) is 0 Å². The smallest absolute Gasteiger partial charge is 0.190 e. The molecule has 6 heteroatoms. The van der Waals surface area contributed by atoms with Crippen LogP contribution in [0.1, 0.15) is 17.5 Å². The van der Waals surface area contributed by atoms with Gasteiger partial charge in [-0.2, -0.15) is 0 Å². The number of hydrogen-bond acceptors (Lipinski definition) is 3. The Morgan fingerprint density at radius 1 is 0.893 bits per heavy atom. The van der Waals surface area contributed by atoms with E-state index in [1.807, 2.05) is 19.2 Å². The van der Waals surface area contributed by atoms with E-state index in [0.29, 0.717) is 0 Å². The molecular weight excluding hydrogens is 463 g/mol. The first kappa shape index (κ1) is 24.1. The molecule has 2 aromatic carbocycles. The third kappa shape index (κ3) is 8.37. The molecule has 0 spiro atoms. The number of hydrogen-bond donors (Lipinski definition) is 2. The number of nitrogens with one attached hydrogen (secondary N) is 2. The standard InChI is InChI=1S/C22H32N4O.HI/c1-23-22(25-17-15-19-9-13-21(27-4)14-10-19)24-16-5-6-18-7-11-20(12-8-18)26(2)3;/h7-14H,5-6,15-17H2,1-4H3,(H2,23,24,25);1H. The van der Waals surface area contributed by atoms with Crippen LogP contribution in [0.3, 0.4) is 0 Å². The van der Waals surface area contributed by atoms with E-state index in [1.165, 1.54) is 16.8 Å². The van der Waals surface area contributed by atoms with Crippen molar-refractivity contribution in [3.63, 3.8) is 0 Å². The zero-order chi connectivity index (χ0) is 19.5. The fourth-order valence-electron chi connectivity index (χ4n) is 2.80. The second-order valence-corrected chi connectivity index (χ2v) is 6.69. The Hall–Kier alpha value is -1.96. The first-order valence-corrected chi connectivity index (χ1v) is 9.46. The van der Waals surface area contributed by atoms with Crippen molar-refractivity contribution >= 4 is 35.6 Å². The summed E-state index contributed by atoms with van der Waals surface area (Å²) in [6, 6.07) is 16.9. The van der Waals surface area contributed by atoms with Crippen molar-refractivity contribution in [3.05, 3.63) is 59.7 Å². The Bertz CT molecular complexity index is 699. The number of benzene rings is 2. The number of aryl methyl sites for hydroxylation is 1. The van der Waals surface area contributed by atoms with Crippen LogP contribution in [0.15, 0.2) is 53.5 Å². The van der Waals surface area contributed by atoms with Gasteiger partial charge in [-0.15, -0.1) is 24.0 Å². The molecule has 0 heterocycles. The van der Waals surface area contributed by atoms with Crippen LogP contribution < -0.4 is 20.3 Å². The molecule has 2 N–H and O–H groups in total. The first-order valence-electron chi connectivity index (χ1n) is 9.46. The van der Waals surface area contributed by atoms with Crippen LogP contribution in [0, 0.1) is 0 Å². The molecule has 0 atom stereocenters. The van der Waals surface area contributed by atoms with Gasteiger partial charge in [0, 0.05) is 39.9 Å². The fraction of sp³-hybridized carbons (Fsp3) is 0.409. The lowest BCUT2D eigenvalue weighted by Crippen LogP contribution is -2.38. The highest BCUT2D eigenvalue weighted by Crippen LogP contribution is 2.13. The van der Waals surface area contributed by atoms with E-state index in [2.05, 4.69) is 71.0 Å². The van der Waals surface area contributed by atoms with Crippen molar-refractivity contribution in [3.8, 4) is 5.75 Å². The summed E-state index contributed by atoms with van der Waals surface area (Å²) in [6.45, 7) is 1.75.